The van der Waals surface area contributed by atoms with Gasteiger partial charge < -0.3 is 10.6 Å². The van der Waals surface area contributed by atoms with Crippen LogP contribution in [0, 0.1) is 0 Å². The van der Waals surface area contributed by atoms with Crippen LogP contribution in [0.3, 0.4) is 0 Å². The van der Waals surface area contributed by atoms with Crippen LogP contribution < -0.4 is 10.6 Å². The van der Waals surface area contributed by atoms with Crippen molar-refractivity contribution in [3.05, 3.63) is 56.5 Å². The Bertz CT molecular complexity index is 750. The lowest BCUT2D eigenvalue weighted by Crippen LogP contribution is -2.29. The Balaban J connectivity index is 2.09. The number of carbonyl (C=O) groups is 2. The maximum absolute atomic E-state index is 11.9. The molecule has 22 heavy (non-hydrogen) atoms. The summed E-state index contributed by atoms with van der Waals surface area (Å²) in [5.74, 6) is -1.81. The van der Waals surface area contributed by atoms with Gasteiger partial charge in [0.25, 0.3) is 0 Å². The first-order chi connectivity index (χ1) is 10.4. The SMILES string of the molecule is O=C(Nc1ccc(Cl)cc1Cl)C(=O)Nc1cccc(Cl)c1Cl. The van der Waals surface area contributed by atoms with Gasteiger partial charge in [-0.15, -0.1) is 0 Å². The van der Waals surface area contributed by atoms with Gasteiger partial charge in [0.15, 0.2) is 0 Å². The lowest BCUT2D eigenvalue weighted by Gasteiger charge is -2.09. The third-order valence-electron chi connectivity index (χ3n) is 2.59. The summed E-state index contributed by atoms with van der Waals surface area (Å²) in [6.07, 6.45) is 0. The van der Waals surface area contributed by atoms with E-state index in [0.29, 0.717) is 5.02 Å². The van der Waals surface area contributed by atoms with Crippen LogP contribution in [0.2, 0.25) is 20.1 Å². The molecule has 0 atom stereocenters. The van der Waals surface area contributed by atoms with Gasteiger partial charge >= 0.3 is 11.8 Å². The number of rotatable bonds is 2. The second kappa shape index (κ2) is 7.20. The zero-order valence-corrected chi connectivity index (χ0v) is 13.8. The van der Waals surface area contributed by atoms with Gasteiger partial charge in [-0.25, -0.2) is 0 Å². The Labute approximate surface area is 146 Å². The van der Waals surface area contributed by atoms with Gasteiger partial charge in [-0.1, -0.05) is 52.5 Å². The van der Waals surface area contributed by atoms with Gasteiger partial charge in [-0.05, 0) is 30.3 Å². The van der Waals surface area contributed by atoms with Crippen LogP contribution in [0.5, 0.6) is 0 Å². The lowest BCUT2D eigenvalue weighted by atomic mass is 10.3. The van der Waals surface area contributed by atoms with Gasteiger partial charge in [-0.2, -0.15) is 0 Å². The molecule has 2 amide bonds. The standard InChI is InChI=1S/C14H8Cl4N2O2/c15-7-4-5-10(9(17)6-7)19-13(21)14(22)20-11-3-1-2-8(16)12(11)18/h1-6H,(H,19,21)(H,20,22). The number of amides is 2. The number of halogens is 4. The summed E-state index contributed by atoms with van der Waals surface area (Å²) < 4.78 is 0. The van der Waals surface area contributed by atoms with Crippen LogP contribution in [0.15, 0.2) is 36.4 Å². The summed E-state index contributed by atoms with van der Waals surface area (Å²) in [4.78, 5) is 23.7. The summed E-state index contributed by atoms with van der Waals surface area (Å²) in [7, 11) is 0. The van der Waals surface area contributed by atoms with E-state index in [1.54, 1.807) is 12.1 Å². The molecule has 0 aliphatic heterocycles. The molecular formula is C14H8Cl4N2O2. The van der Waals surface area contributed by atoms with Crippen molar-refractivity contribution >= 4 is 69.6 Å². The van der Waals surface area contributed by atoms with Gasteiger partial charge in [0, 0.05) is 5.02 Å². The lowest BCUT2D eigenvalue weighted by molar-refractivity contribution is -0.132. The fraction of sp³-hybridized carbons (Fsp3) is 0. The van der Waals surface area contributed by atoms with Gasteiger partial charge in [0.1, 0.15) is 0 Å². The molecule has 0 heterocycles. The predicted octanol–water partition coefficient (Wildman–Crippen LogP) is 4.88. The van der Waals surface area contributed by atoms with E-state index in [1.165, 1.54) is 24.3 Å². The summed E-state index contributed by atoms with van der Waals surface area (Å²) in [6, 6.07) is 9.15. The van der Waals surface area contributed by atoms with Gasteiger partial charge in [0.2, 0.25) is 0 Å². The molecule has 8 heteroatoms. The molecule has 0 spiro atoms. The van der Waals surface area contributed by atoms with E-state index >= 15 is 0 Å². The highest BCUT2D eigenvalue weighted by molar-refractivity contribution is 6.47. The highest BCUT2D eigenvalue weighted by atomic mass is 35.5. The second-order valence-corrected chi connectivity index (χ2v) is 5.76. The number of nitrogens with one attached hydrogen (secondary N) is 2. The fourth-order valence-electron chi connectivity index (χ4n) is 1.55. The number of anilines is 2. The molecule has 0 aromatic heterocycles. The van der Waals surface area contributed by atoms with Crippen molar-refractivity contribution in [3.8, 4) is 0 Å². The third-order valence-corrected chi connectivity index (χ3v) is 3.95. The molecule has 0 unspecified atom stereocenters. The maximum atomic E-state index is 11.9. The number of carbonyl (C=O) groups excluding carboxylic acids is 2. The predicted molar refractivity (Wildman–Crippen MR) is 90.2 cm³/mol. The largest absolute Gasteiger partial charge is 0.316 e. The first kappa shape index (κ1) is 16.9. The molecule has 2 aromatic rings. The van der Waals surface area contributed by atoms with Crippen LogP contribution in [0.4, 0.5) is 11.4 Å². The summed E-state index contributed by atoms with van der Waals surface area (Å²) >= 11 is 23.4. The highest BCUT2D eigenvalue weighted by Crippen LogP contribution is 2.29. The zero-order valence-electron chi connectivity index (χ0n) is 10.8. The molecule has 4 nitrogen and oxygen atoms in total. The van der Waals surface area contributed by atoms with Gasteiger partial charge in [-0.3, -0.25) is 9.59 Å². The monoisotopic (exact) mass is 376 g/mol. The number of benzene rings is 2. The smallest absolute Gasteiger partial charge is 0.314 e. The topological polar surface area (TPSA) is 58.2 Å². The average molecular weight is 378 g/mol. The third kappa shape index (κ3) is 4.05. The van der Waals surface area contributed by atoms with E-state index in [4.69, 9.17) is 46.4 Å². The summed E-state index contributed by atoms with van der Waals surface area (Å²) in [5, 5.41) is 5.78. The Hall–Kier alpha value is -1.46. The number of hydrogen-bond donors (Lipinski definition) is 2. The normalized spacial score (nSPS) is 10.2. The van der Waals surface area contributed by atoms with E-state index in [9.17, 15) is 9.59 Å². The quantitative estimate of drug-likeness (QED) is 0.733. The van der Waals surface area contributed by atoms with E-state index < -0.39 is 11.8 Å². The van der Waals surface area contributed by atoms with Crippen molar-refractivity contribution in [2.45, 2.75) is 0 Å². The molecule has 2 N–H and O–H groups in total. The van der Waals surface area contributed by atoms with E-state index in [1.807, 2.05) is 0 Å². The van der Waals surface area contributed by atoms with Crippen molar-refractivity contribution in [3.63, 3.8) is 0 Å². The Kier molecular flexibility index (Phi) is 5.53. The second-order valence-electron chi connectivity index (χ2n) is 4.13. The first-order valence-corrected chi connectivity index (χ1v) is 7.41. The van der Waals surface area contributed by atoms with Crippen LogP contribution in [0.1, 0.15) is 0 Å². The van der Waals surface area contributed by atoms with Crippen LogP contribution in [0.25, 0.3) is 0 Å². The molecule has 0 bridgehead atoms. The molecule has 0 aliphatic rings. The fourth-order valence-corrected chi connectivity index (χ4v) is 2.35. The molecule has 114 valence electrons. The van der Waals surface area contributed by atoms with Crippen molar-refractivity contribution in [2.24, 2.45) is 0 Å². The highest BCUT2D eigenvalue weighted by Gasteiger charge is 2.17. The van der Waals surface area contributed by atoms with Gasteiger partial charge in [0.05, 0.1) is 26.4 Å². The zero-order chi connectivity index (χ0) is 16.3. The molecule has 2 rings (SSSR count). The first-order valence-electron chi connectivity index (χ1n) is 5.90. The molecule has 0 saturated carbocycles. The Morgan fingerprint density at radius 1 is 0.773 bits per heavy atom. The summed E-state index contributed by atoms with van der Waals surface area (Å²) in [5.41, 5.74) is 0.500. The van der Waals surface area contributed by atoms with E-state index in [0.717, 1.165) is 0 Å². The average Bonchev–Trinajstić information content (AvgIpc) is 2.46. The van der Waals surface area contributed by atoms with Crippen LogP contribution in [-0.2, 0) is 9.59 Å². The molecule has 0 saturated heterocycles. The minimum absolute atomic E-state index is 0.148. The molecule has 0 fully saturated rings. The Morgan fingerprint density at radius 3 is 2.05 bits per heavy atom. The van der Waals surface area contributed by atoms with E-state index in [2.05, 4.69) is 10.6 Å². The van der Waals surface area contributed by atoms with Crippen molar-refractivity contribution in [1.29, 1.82) is 0 Å². The van der Waals surface area contributed by atoms with Crippen molar-refractivity contribution in [2.75, 3.05) is 10.6 Å². The van der Waals surface area contributed by atoms with Crippen molar-refractivity contribution in [1.82, 2.24) is 0 Å². The van der Waals surface area contributed by atoms with Crippen LogP contribution in [-0.4, -0.2) is 11.8 Å². The molecule has 0 aliphatic carbocycles. The van der Waals surface area contributed by atoms with Crippen molar-refractivity contribution < 1.29 is 9.59 Å². The molecule has 0 radical (unpaired) electrons. The molecule has 2 aromatic carbocycles. The van der Waals surface area contributed by atoms with Crippen LogP contribution >= 0.6 is 46.4 Å². The maximum Gasteiger partial charge on any atom is 0.314 e. The number of hydrogen-bond acceptors (Lipinski definition) is 2. The molecular weight excluding hydrogens is 370 g/mol. The Morgan fingerprint density at radius 2 is 1.41 bits per heavy atom. The minimum atomic E-state index is -0.907. The summed E-state index contributed by atoms with van der Waals surface area (Å²) in [6.45, 7) is 0. The minimum Gasteiger partial charge on any atom is -0.316 e. The van der Waals surface area contributed by atoms with E-state index in [-0.39, 0.29) is 26.4 Å².